The Kier molecular flexibility index (Phi) is 2.11. The topological polar surface area (TPSA) is 35.5 Å². The smallest absolute Gasteiger partial charge is 0.164 e. The zero-order valence-electron chi connectivity index (χ0n) is 12.4. The molecule has 3 nitrogen and oxygen atoms in total. The second-order valence-corrected chi connectivity index (χ2v) is 8.28. The van der Waals surface area contributed by atoms with Crippen LogP contribution in [-0.2, 0) is 14.3 Å². The maximum absolute atomic E-state index is 12.9. The summed E-state index contributed by atoms with van der Waals surface area (Å²) in [6.07, 6.45) is 3.21. The maximum atomic E-state index is 12.9. The van der Waals surface area contributed by atoms with E-state index >= 15 is 0 Å². The Morgan fingerprint density at radius 2 is 2.00 bits per heavy atom. The number of fused-ring (bicyclic) bond motifs is 2. The van der Waals surface area contributed by atoms with Crippen molar-refractivity contribution in [1.29, 1.82) is 0 Å². The van der Waals surface area contributed by atoms with Crippen molar-refractivity contribution >= 4 is 5.78 Å². The molecule has 106 valence electrons. The number of rotatable bonds is 1. The summed E-state index contributed by atoms with van der Waals surface area (Å²) in [6.45, 7) is 7.59. The van der Waals surface area contributed by atoms with E-state index in [1.807, 2.05) is 0 Å². The van der Waals surface area contributed by atoms with Crippen LogP contribution in [0.5, 0.6) is 0 Å². The lowest BCUT2D eigenvalue weighted by atomic mass is 9.63. The average molecular weight is 264 g/mol. The molecule has 0 radical (unpaired) electrons. The van der Waals surface area contributed by atoms with Gasteiger partial charge in [-0.15, -0.1) is 0 Å². The molecule has 6 atom stereocenters. The number of hydrogen-bond acceptors (Lipinski definition) is 3. The highest BCUT2D eigenvalue weighted by Gasteiger charge is 2.82. The molecule has 1 spiro atoms. The van der Waals surface area contributed by atoms with Gasteiger partial charge < -0.3 is 9.47 Å². The van der Waals surface area contributed by atoms with E-state index in [0.717, 1.165) is 12.8 Å². The summed E-state index contributed by atoms with van der Waals surface area (Å²) < 4.78 is 11.4. The first kappa shape index (κ1) is 12.3. The normalized spacial score (nSPS) is 57.6. The van der Waals surface area contributed by atoms with Gasteiger partial charge in [0.1, 0.15) is 5.78 Å². The minimum absolute atomic E-state index is 0.000417. The molecule has 1 aliphatic heterocycles. The van der Waals surface area contributed by atoms with Crippen molar-refractivity contribution in [1.82, 2.24) is 0 Å². The van der Waals surface area contributed by atoms with E-state index in [1.165, 1.54) is 6.42 Å². The van der Waals surface area contributed by atoms with Crippen LogP contribution in [-0.4, -0.2) is 25.8 Å². The van der Waals surface area contributed by atoms with E-state index in [1.54, 1.807) is 7.11 Å². The standard InChI is InChI=1S/C16H24O3/c1-14(2)5-9-10(6-14)15(3)8-16(15)11(12(9)17)7-19-13(16)18-4/h9-11,13H,5-8H2,1-4H3/t9-,10+,11-,13+,15-,16+/m1/s1. The molecule has 4 fully saturated rings. The Balaban J connectivity index is 1.78. The first-order chi connectivity index (χ1) is 8.86. The molecule has 3 heteroatoms. The monoisotopic (exact) mass is 264 g/mol. The zero-order valence-corrected chi connectivity index (χ0v) is 12.4. The summed E-state index contributed by atoms with van der Waals surface area (Å²) in [4.78, 5) is 12.9. The predicted octanol–water partition coefficient (Wildman–Crippen LogP) is 2.64. The van der Waals surface area contributed by atoms with Crippen LogP contribution in [0.3, 0.4) is 0 Å². The van der Waals surface area contributed by atoms with Crippen molar-refractivity contribution < 1.29 is 14.3 Å². The van der Waals surface area contributed by atoms with Gasteiger partial charge in [0.25, 0.3) is 0 Å². The van der Waals surface area contributed by atoms with Gasteiger partial charge in [-0.3, -0.25) is 4.79 Å². The van der Waals surface area contributed by atoms with Crippen molar-refractivity contribution in [2.24, 2.45) is 34.0 Å². The fourth-order valence-corrected chi connectivity index (χ4v) is 5.96. The lowest BCUT2D eigenvalue weighted by molar-refractivity contribution is -0.145. The molecular formula is C16H24O3. The number of ketones is 1. The second kappa shape index (κ2) is 3.25. The average Bonchev–Trinajstić information content (AvgIpc) is 2.68. The lowest BCUT2D eigenvalue weighted by Gasteiger charge is -2.39. The third kappa shape index (κ3) is 1.20. The summed E-state index contributed by atoms with van der Waals surface area (Å²) >= 11 is 0. The maximum Gasteiger partial charge on any atom is 0.164 e. The Bertz CT molecular complexity index is 457. The van der Waals surface area contributed by atoms with Gasteiger partial charge in [-0.05, 0) is 36.0 Å². The Labute approximate surface area is 115 Å². The molecule has 3 aliphatic carbocycles. The van der Waals surface area contributed by atoms with E-state index in [2.05, 4.69) is 20.8 Å². The van der Waals surface area contributed by atoms with E-state index in [-0.39, 0.29) is 29.0 Å². The summed E-state index contributed by atoms with van der Waals surface area (Å²) in [5, 5.41) is 0. The number of ether oxygens (including phenoxy) is 2. The van der Waals surface area contributed by atoms with Gasteiger partial charge in [-0.25, -0.2) is 0 Å². The quantitative estimate of drug-likeness (QED) is 0.730. The van der Waals surface area contributed by atoms with Gasteiger partial charge in [-0.2, -0.15) is 0 Å². The minimum Gasteiger partial charge on any atom is -0.355 e. The summed E-state index contributed by atoms with van der Waals surface area (Å²) in [5.74, 6) is 1.40. The molecule has 4 rings (SSSR count). The summed E-state index contributed by atoms with van der Waals surface area (Å²) in [6, 6.07) is 0. The molecule has 0 aromatic heterocycles. The minimum atomic E-state index is -0.156. The molecule has 19 heavy (non-hydrogen) atoms. The molecule has 0 aromatic carbocycles. The number of carbonyl (C=O) groups is 1. The molecule has 1 saturated heterocycles. The molecule has 0 amide bonds. The van der Waals surface area contributed by atoms with Crippen LogP contribution in [0, 0.1) is 34.0 Å². The highest BCUT2D eigenvalue weighted by Crippen LogP contribution is 2.81. The van der Waals surface area contributed by atoms with E-state index in [4.69, 9.17) is 9.47 Å². The van der Waals surface area contributed by atoms with Crippen molar-refractivity contribution in [3.8, 4) is 0 Å². The van der Waals surface area contributed by atoms with E-state index < -0.39 is 0 Å². The van der Waals surface area contributed by atoms with Crippen molar-refractivity contribution in [2.45, 2.75) is 46.3 Å². The van der Waals surface area contributed by atoms with Crippen molar-refractivity contribution in [3.63, 3.8) is 0 Å². The van der Waals surface area contributed by atoms with E-state index in [9.17, 15) is 4.79 Å². The summed E-state index contributed by atoms with van der Waals surface area (Å²) in [5.41, 5.74) is 0.585. The predicted molar refractivity (Wildman–Crippen MR) is 70.4 cm³/mol. The van der Waals surface area contributed by atoms with Crippen LogP contribution in [0.25, 0.3) is 0 Å². The van der Waals surface area contributed by atoms with Crippen LogP contribution in [0.15, 0.2) is 0 Å². The largest absolute Gasteiger partial charge is 0.355 e. The Hall–Kier alpha value is -0.410. The van der Waals surface area contributed by atoms with Gasteiger partial charge in [0.05, 0.1) is 12.5 Å². The molecule has 1 heterocycles. The SMILES string of the molecule is CO[C@H]1OC[C@@H]2C(=O)[C@@H]3CC(C)(C)C[C@@H]3[C@@]3(C)C[C@@]123. The molecule has 0 aromatic rings. The first-order valence-corrected chi connectivity index (χ1v) is 7.54. The number of hydrogen-bond donors (Lipinski definition) is 0. The molecule has 0 unspecified atom stereocenters. The van der Waals surface area contributed by atoms with Gasteiger partial charge in [0.2, 0.25) is 0 Å². The van der Waals surface area contributed by atoms with Gasteiger partial charge in [0.15, 0.2) is 6.29 Å². The van der Waals surface area contributed by atoms with Crippen LogP contribution < -0.4 is 0 Å². The Morgan fingerprint density at radius 3 is 2.68 bits per heavy atom. The Morgan fingerprint density at radius 1 is 1.26 bits per heavy atom. The highest BCUT2D eigenvalue weighted by atomic mass is 16.7. The molecule has 3 saturated carbocycles. The third-order valence-corrected chi connectivity index (χ3v) is 6.83. The highest BCUT2D eigenvalue weighted by molar-refractivity contribution is 5.88. The van der Waals surface area contributed by atoms with Crippen LogP contribution in [0.4, 0.5) is 0 Å². The molecule has 0 N–H and O–H groups in total. The van der Waals surface area contributed by atoms with Crippen LogP contribution in [0.2, 0.25) is 0 Å². The summed E-state index contributed by atoms with van der Waals surface area (Å²) in [7, 11) is 1.72. The fourth-order valence-electron chi connectivity index (χ4n) is 5.96. The molecule has 4 aliphatic rings. The lowest BCUT2D eigenvalue weighted by Crippen LogP contribution is -2.45. The van der Waals surface area contributed by atoms with Crippen molar-refractivity contribution in [2.75, 3.05) is 13.7 Å². The first-order valence-electron chi connectivity index (χ1n) is 7.54. The van der Waals surface area contributed by atoms with Gasteiger partial charge in [0, 0.05) is 18.4 Å². The van der Waals surface area contributed by atoms with Crippen molar-refractivity contribution in [3.05, 3.63) is 0 Å². The number of methoxy groups -OCH3 is 1. The zero-order chi connectivity index (χ0) is 13.6. The third-order valence-electron chi connectivity index (χ3n) is 6.83. The van der Waals surface area contributed by atoms with E-state index in [0.29, 0.717) is 23.7 Å². The van der Waals surface area contributed by atoms with Gasteiger partial charge in [-0.1, -0.05) is 20.8 Å². The van der Waals surface area contributed by atoms with Gasteiger partial charge >= 0.3 is 0 Å². The number of carbonyl (C=O) groups excluding carboxylic acids is 1. The molecular weight excluding hydrogens is 240 g/mol. The fraction of sp³-hybridized carbons (Fsp3) is 0.938. The molecule has 0 bridgehead atoms. The second-order valence-electron chi connectivity index (χ2n) is 8.28. The van der Waals surface area contributed by atoms with Crippen LogP contribution in [0.1, 0.15) is 40.0 Å². The number of Topliss-reactive ketones (excluding diaryl/α,β-unsaturated/α-hetero) is 1. The van der Waals surface area contributed by atoms with Crippen LogP contribution >= 0.6 is 0 Å².